The summed E-state index contributed by atoms with van der Waals surface area (Å²) < 4.78 is 4.97. The molecule has 3 nitrogen and oxygen atoms in total. The van der Waals surface area contributed by atoms with Gasteiger partial charge in [0.2, 0.25) is 0 Å². The van der Waals surface area contributed by atoms with Gasteiger partial charge in [-0.2, -0.15) is 0 Å². The van der Waals surface area contributed by atoms with Crippen molar-refractivity contribution in [3.05, 3.63) is 35.9 Å². The lowest BCUT2D eigenvalue weighted by Gasteiger charge is -2.36. The molecule has 0 aliphatic carbocycles. The monoisotopic (exact) mass is 381 g/mol. The Labute approximate surface area is 165 Å². The molecule has 148 valence electrons. The van der Waals surface area contributed by atoms with Gasteiger partial charge in [-0.05, 0) is 25.3 Å². The Morgan fingerprint density at radius 1 is 1.12 bits per heavy atom. The third-order valence-electron chi connectivity index (χ3n) is 5.07. The highest BCUT2D eigenvalue weighted by molar-refractivity contribution is 6.17. The molecular formula is C22H36ClNO2. The second-order valence-electron chi connectivity index (χ2n) is 7.00. The highest BCUT2D eigenvalue weighted by Crippen LogP contribution is 2.27. The summed E-state index contributed by atoms with van der Waals surface area (Å²) in [5.41, 5.74) is 1.28. The van der Waals surface area contributed by atoms with Gasteiger partial charge in [-0.25, -0.2) is 0 Å². The molecule has 1 aromatic rings. The maximum atomic E-state index is 12.0. The molecule has 4 heteroatoms. The number of esters is 1. The van der Waals surface area contributed by atoms with E-state index in [-0.39, 0.29) is 18.1 Å². The van der Waals surface area contributed by atoms with Crippen LogP contribution in [0.1, 0.15) is 76.8 Å². The molecule has 0 saturated carbocycles. The van der Waals surface area contributed by atoms with Gasteiger partial charge in [0.1, 0.15) is 0 Å². The van der Waals surface area contributed by atoms with Crippen LogP contribution in [0.3, 0.4) is 0 Å². The Morgan fingerprint density at radius 2 is 1.81 bits per heavy atom. The van der Waals surface area contributed by atoms with Crippen LogP contribution in [0, 0.1) is 0 Å². The molecule has 0 bridgehead atoms. The zero-order chi connectivity index (χ0) is 19.2. The number of carbonyl (C=O) groups excluding carboxylic acids is 1. The maximum Gasteiger partial charge on any atom is 0.307 e. The Balaban J connectivity index is 2.85. The summed E-state index contributed by atoms with van der Waals surface area (Å²) in [6.07, 6.45) is 8.59. The van der Waals surface area contributed by atoms with Gasteiger partial charge in [0.25, 0.3) is 0 Å². The van der Waals surface area contributed by atoms with Crippen molar-refractivity contribution in [1.29, 1.82) is 0 Å². The van der Waals surface area contributed by atoms with Crippen LogP contribution >= 0.6 is 11.6 Å². The van der Waals surface area contributed by atoms with Gasteiger partial charge in [-0.1, -0.05) is 69.4 Å². The van der Waals surface area contributed by atoms with E-state index in [2.05, 4.69) is 43.0 Å². The van der Waals surface area contributed by atoms with Gasteiger partial charge < -0.3 is 4.74 Å². The predicted octanol–water partition coefficient (Wildman–Crippen LogP) is 5.97. The number of halogens is 1. The van der Waals surface area contributed by atoms with Gasteiger partial charge in [0, 0.05) is 24.5 Å². The number of hydrogen-bond donors (Lipinski definition) is 0. The van der Waals surface area contributed by atoms with Crippen molar-refractivity contribution >= 4 is 17.6 Å². The number of benzene rings is 1. The highest BCUT2D eigenvalue weighted by atomic mass is 35.5. The summed E-state index contributed by atoms with van der Waals surface area (Å²) >= 11 is 5.98. The van der Waals surface area contributed by atoms with E-state index in [1.807, 2.05) is 6.07 Å². The first-order valence-electron chi connectivity index (χ1n) is 10.1. The topological polar surface area (TPSA) is 29.5 Å². The van der Waals surface area contributed by atoms with E-state index in [9.17, 15) is 4.79 Å². The normalized spacial score (nSPS) is 13.6. The molecule has 0 unspecified atom stereocenters. The molecule has 26 heavy (non-hydrogen) atoms. The second-order valence-corrected chi connectivity index (χ2v) is 7.38. The van der Waals surface area contributed by atoms with E-state index in [4.69, 9.17) is 16.3 Å². The number of alkyl halides is 1. The van der Waals surface area contributed by atoms with Gasteiger partial charge >= 0.3 is 5.97 Å². The number of methoxy groups -OCH3 is 1. The molecule has 2 atom stereocenters. The van der Waals surface area contributed by atoms with Gasteiger partial charge in [0.05, 0.1) is 13.5 Å². The van der Waals surface area contributed by atoms with Crippen LogP contribution in [0.2, 0.25) is 0 Å². The fourth-order valence-electron chi connectivity index (χ4n) is 3.50. The number of unbranched alkanes of at least 4 members (excludes halogenated alkanes) is 4. The highest BCUT2D eigenvalue weighted by Gasteiger charge is 2.26. The van der Waals surface area contributed by atoms with Crippen LogP contribution in [-0.2, 0) is 9.53 Å². The summed E-state index contributed by atoms with van der Waals surface area (Å²) in [6, 6.07) is 11.0. The summed E-state index contributed by atoms with van der Waals surface area (Å²) in [6.45, 7) is 5.36. The molecule has 0 aromatic heterocycles. The van der Waals surface area contributed by atoms with Gasteiger partial charge in [0.15, 0.2) is 0 Å². The zero-order valence-electron chi connectivity index (χ0n) is 16.8. The van der Waals surface area contributed by atoms with Crippen molar-refractivity contribution in [3.63, 3.8) is 0 Å². The summed E-state index contributed by atoms with van der Waals surface area (Å²) in [5.74, 6) is 0.513. The molecule has 0 radical (unpaired) electrons. The third-order valence-corrected chi connectivity index (χ3v) is 5.34. The van der Waals surface area contributed by atoms with Crippen LogP contribution in [-0.4, -0.2) is 36.4 Å². The second kappa shape index (κ2) is 14.1. The van der Waals surface area contributed by atoms with Crippen molar-refractivity contribution in [1.82, 2.24) is 4.90 Å². The molecule has 0 heterocycles. The molecule has 0 aliphatic rings. The number of ether oxygens (including phenoxy) is 1. The van der Waals surface area contributed by atoms with Crippen molar-refractivity contribution in [2.24, 2.45) is 0 Å². The average molecular weight is 382 g/mol. The fraction of sp³-hybridized carbons (Fsp3) is 0.682. The van der Waals surface area contributed by atoms with E-state index >= 15 is 0 Å². The van der Waals surface area contributed by atoms with E-state index in [0.29, 0.717) is 12.3 Å². The van der Waals surface area contributed by atoms with Crippen molar-refractivity contribution in [2.45, 2.75) is 77.3 Å². The van der Waals surface area contributed by atoms with E-state index < -0.39 is 0 Å². The van der Waals surface area contributed by atoms with Crippen molar-refractivity contribution in [3.8, 4) is 0 Å². The Kier molecular flexibility index (Phi) is 12.4. The van der Waals surface area contributed by atoms with Gasteiger partial charge in [-0.3, -0.25) is 9.69 Å². The molecule has 0 aliphatic heterocycles. The van der Waals surface area contributed by atoms with Crippen molar-refractivity contribution in [2.75, 3.05) is 19.5 Å². The Morgan fingerprint density at radius 3 is 2.42 bits per heavy atom. The zero-order valence-corrected chi connectivity index (χ0v) is 17.5. The summed E-state index contributed by atoms with van der Waals surface area (Å²) in [4.78, 5) is 14.5. The molecule has 0 amide bonds. The molecule has 0 fully saturated rings. The van der Waals surface area contributed by atoms with Crippen LogP contribution in [0.5, 0.6) is 0 Å². The standard InChI is InChI=1S/C22H36ClNO2/c1-4-5-6-7-11-15-21(18-22(25)26-3)24(17-12-16-23)19(2)20-13-9-8-10-14-20/h8-10,13-14,19,21H,4-7,11-12,15-18H2,1-3H3/t19-,21-/m1/s1. The van der Waals surface area contributed by atoms with E-state index in [1.165, 1.54) is 38.4 Å². The minimum absolute atomic E-state index is 0.125. The van der Waals surface area contributed by atoms with Crippen molar-refractivity contribution < 1.29 is 9.53 Å². The third kappa shape index (κ3) is 8.55. The fourth-order valence-corrected chi connectivity index (χ4v) is 3.62. The number of hydrogen-bond acceptors (Lipinski definition) is 3. The molecule has 1 rings (SSSR count). The first kappa shape index (κ1) is 23.0. The van der Waals surface area contributed by atoms with Crippen LogP contribution < -0.4 is 0 Å². The maximum absolute atomic E-state index is 12.0. The first-order valence-corrected chi connectivity index (χ1v) is 10.6. The van der Waals surface area contributed by atoms with E-state index in [0.717, 1.165) is 25.8 Å². The molecule has 1 aromatic carbocycles. The predicted molar refractivity (Wildman–Crippen MR) is 111 cm³/mol. The minimum atomic E-state index is -0.125. The molecule has 0 saturated heterocycles. The summed E-state index contributed by atoms with van der Waals surface area (Å²) in [5, 5.41) is 0. The molecular weight excluding hydrogens is 346 g/mol. The molecule has 0 N–H and O–H groups in total. The van der Waals surface area contributed by atoms with Crippen LogP contribution in [0.4, 0.5) is 0 Å². The lowest BCUT2D eigenvalue weighted by molar-refractivity contribution is -0.142. The van der Waals surface area contributed by atoms with E-state index in [1.54, 1.807) is 0 Å². The molecule has 0 spiro atoms. The summed E-state index contributed by atoms with van der Waals surface area (Å²) in [7, 11) is 1.48. The first-order chi connectivity index (χ1) is 12.6. The Bertz CT molecular complexity index is 480. The quantitative estimate of drug-likeness (QED) is 0.226. The average Bonchev–Trinajstić information content (AvgIpc) is 2.68. The number of nitrogens with zero attached hydrogens (tertiary/aromatic N) is 1. The number of rotatable bonds is 14. The lowest BCUT2D eigenvalue weighted by Crippen LogP contribution is -2.40. The van der Waals surface area contributed by atoms with Crippen LogP contribution in [0.15, 0.2) is 30.3 Å². The largest absolute Gasteiger partial charge is 0.469 e. The smallest absolute Gasteiger partial charge is 0.307 e. The number of carbonyl (C=O) groups is 1. The SMILES string of the molecule is CCCCCCC[C@H](CC(=O)OC)N(CCCCl)[C@H](C)c1ccccc1. The minimum Gasteiger partial charge on any atom is -0.469 e. The Hall–Kier alpha value is -1.06. The lowest BCUT2D eigenvalue weighted by atomic mass is 9.98. The van der Waals surface area contributed by atoms with Gasteiger partial charge in [-0.15, -0.1) is 11.6 Å². The van der Waals surface area contributed by atoms with Crippen LogP contribution in [0.25, 0.3) is 0 Å².